The van der Waals surface area contributed by atoms with Crippen LogP contribution < -0.4 is 0 Å². The van der Waals surface area contributed by atoms with E-state index in [0.29, 0.717) is 11.8 Å². The second-order valence-electron chi connectivity index (χ2n) is 5.04. The molecule has 0 aromatic carbocycles. The fraction of sp³-hybridized carbons (Fsp3) is 0.692. The zero-order valence-electron chi connectivity index (χ0n) is 8.47. The number of hydrogen-bond donors (Lipinski definition) is 1. The Morgan fingerprint density at radius 1 is 1.07 bits per heavy atom. The number of aliphatic hydroxyl groups is 1. The molecule has 2 bridgehead atoms. The molecule has 0 spiro atoms. The van der Waals surface area contributed by atoms with Crippen molar-refractivity contribution in [3.8, 4) is 0 Å². The van der Waals surface area contributed by atoms with Crippen LogP contribution >= 0.6 is 0 Å². The first-order valence-corrected chi connectivity index (χ1v) is 5.87. The number of rotatable bonds is 0. The quantitative estimate of drug-likeness (QED) is 0.582. The van der Waals surface area contributed by atoms with E-state index in [2.05, 4.69) is 24.3 Å². The maximum absolute atomic E-state index is 10.1. The van der Waals surface area contributed by atoms with E-state index in [-0.39, 0.29) is 6.10 Å². The van der Waals surface area contributed by atoms with Crippen LogP contribution in [-0.4, -0.2) is 11.2 Å². The van der Waals surface area contributed by atoms with E-state index >= 15 is 0 Å². The third-order valence-corrected chi connectivity index (χ3v) is 4.34. The second-order valence-corrected chi connectivity index (χ2v) is 5.04. The molecule has 5 atom stereocenters. The van der Waals surface area contributed by atoms with Crippen molar-refractivity contribution in [3.63, 3.8) is 0 Å². The van der Waals surface area contributed by atoms with Gasteiger partial charge < -0.3 is 5.11 Å². The van der Waals surface area contributed by atoms with Crippen molar-refractivity contribution in [2.24, 2.45) is 23.7 Å². The van der Waals surface area contributed by atoms with E-state index in [1.54, 1.807) is 0 Å². The largest absolute Gasteiger partial charge is 0.392 e. The Hall–Kier alpha value is -0.560. The standard InChI is InChI=1S/C13H18O/c14-12-5-3-1-2-4-11-9-6-7-10(8-9)13(11)12/h1,3,6-7,9-14H,2,4-5,8H2/b3-1-. The summed E-state index contributed by atoms with van der Waals surface area (Å²) in [6.07, 6.45) is 13.7. The van der Waals surface area contributed by atoms with Gasteiger partial charge in [0, 0.05) is 0 Å². The number of hydrogen-bond acceptors (Lipinski definition) is 1. The van der Waals surface area contributed by atoms with E-state index in [1.807, 2.05) is 0 Å². The Labute approximate surface area is 85.5 Å². The van der Waals surface area contributed by atoms with Crippen molar-refractivity contribution in [1.82, 2.24) is 0 Å². The van der Waals surface area contributed by atoms with Crippen LogP contribution in [0.15, 0.2) is 24.3 Å². The summed E-state index contributed by atoms with van der Waals surface area (Å²) in [6.45, 7) is 0. The van der Waals surface area contributed by atoms with Gasteiger partial charge in [0.2, 0.25) is 0 Å². The van der Waals surface area contributed by atoms with E-state index in [0.717, 1.165) is 18.3 Å². The molecule has 0 heterocycles. The third kappa shape index (κ3) is 1.18. The highest BCUT2D eigenvalue weighted by Crippen LogP contribution is 2.52. The molecule has 1 saturated carbocycles. The molecule has 0 saturated heterocycles. The smallest absolute Gasteiger partial charge is 0.0611 e. The molecule has 1 heteroatoms. The molecule has 0 radical (unpaired) electrons. The molecule has 0 aromatic heterocycles. The molecule has 1 N–H and O–H groups in total. The second kappa shape index (κ2) is 3.23. The van der Waals surface area contributed by atoms with Gasteiger partial charge in [-0.25, -0.2) is 0 Å². The molecule has 1 nitrogen and oxygen atoms in total. The fourth-order valence-electron chi connectivity index (χ4n) is 3.74. The van der Waals surface area contributed by atoms with Crippen LogP contribution in [0.25, 0.3) is 0 Å². The maximum Gasteiger partial charge on any atom is 0.0611 e. The van der Waals surface area contributed by atoms with Crippen molar-refractivity contribution >= 4 is 0 Å². The summed E-state index contributed by atoms with van der Waals surface area (Å²) in [6, 6.07) is 0. The number of aliphatic hydroxyl groups excluding tert-OH is 1. The van der Waals surface area contributed by atoms with Crippen LogP contribution in [0.4, 0.5) is 0 Å². The number of fused-ring (bicyclic) bond motifs is 5. The van der Waals surface area contributed by atoms with Crippen LogP contribution in [0.2, 0.25) is 0 Å². The Bertz CT molecular complexity index is 279. The van der Waals surface area contributed by atoms with E-state index in [4.69, 9.17) is 0 Å². The third-order valence-electron chi connectivity index (χ3n) is 4.34. The maximum atomic E-state index is 10.1. The van der Waals surface area contributed by atoms with E-state index in [1.165, 1.54) is 19.3 Å². The van der Waals surface area contributed by atoms with Crippen LogP contribution in [0, 0.1) is 23.7 Å². The van der Waals surface area contributed by atoms with Gasteiger partial charge in [-0.2, -0.15) is 0 Å². The van der Waals surface area contributed by atoms with Crippen molar-refractivity contribution in [3.05, 3.63) is 24.3 Å². The summed E-state index contributed by atoms with van der Waals surface area (Å²) in [5, 5.41) is 10.1. The van der Waals surface area contributed by atoms with Crippen LogP contribution in [-0.2, 0) is 0 Å². The van der Waals surface area contributed by atoms with Gasteiger partial charge in [-0.1, -0.05) is 24.3 Å². The van der Waals surface area contributed by atoms with Crippen molar-refractivity contribution in [2.75, 3.05) is 0 Å². The SMILES string of the molecule is OC1C/C=C\CCC2C3C=CC(C3)C12. The molecule has 3 rings (SSSR count). The minimum Gasteiger partial charge on any atom is -0.392 e. The molecule has 3 aliphatic rings. The summed E-state index contributed by atoms with van der Waals surface area (Å²) in [5.41, 5.74) is 0. The lowest BCUT2D eigenvalue weighted by molar-refractivity contribution is 0.0619. The Morgan fingerprint density at radius 3 is 2.86 bits per heavy atom. The Kier molecular flexibility index (Phi) is 2.01. The summed E-state index contributed by atoms with van der Waals surface area (Å²) >= 11 is 0. The summed E-state index contributed by atoms with van der Waals surface area (Å²) in [7, 11) is 0. The minimum atomic E-state index is -0.0866. The molecule has 3 aliphatic carbocycles. The lowest BCUT2D eigenvalue weighted by atomic mass is 9.75. The average molecular weight is 190 g/mol. The molecule has 0 amide bonds. The molecule has 5 unspecified atom stereocenters. The monoisotopic (exact) mass is 190 g/mol. The van der Waals surface area contributed by atoms with Gasteiger partial charge >= 0.3 is 0 Å². The summed E-state index contributed by atoms with van der Waals surface area (Å²) in [5.74, 6) is 2.80. The van der Waals surface area contributed by atoms with Crippen LogP contribution in [0.1, 0.15) is 25.7 Å². The molecule has 0 aliphatic heterocycles. The first kappa shape index (κ1) is 8.72. The highest BCUT2D eigenvalue weighted by atomic mass is 16.3. The van der Waals surface area contributed by atoms with Crippen LogP contribution in [0.3, 0.4) is 0 Å². The summed E-state index contributed by atoms with van der Waals surface area (Å²) < 4.78 is 0. The van der Waals surface area contributed by atoms with Gasteiger partial charge in [0.25, 0.3) is 0 Å². The summed E-state index contributed by atoms with van der Waals surface area (Å²) in [4.78, 5) is 0. The van der Waals surface area contributed by atoms with Crippen molar-refractivity contribution < 1.29 is 5.11 Å². The molecule has 1 fully saturated rings. The van der Waals surface area contributed by atoms with Gasteiger partial charge in [-0.3, -0.25) is 0 Å². The van der Waals surface area contributed by atoms with Crippen molar-refractivity contribution in [2.45, 2.75) is 31.8 Å². The zero-order chi connectivity index (χ0) is 9.54. The van der Waals surface area contributed by atoms with Gasteiger partial charge in [0.05, 0.1) is 6.10 Å². The lowest BCUT2D eigenvalue weighted by Gasteiger charge is -2.32. The molecule has 76 valence electrons. The van der Waals surface area contributed by atoms with Crippen LogP contribution in [0.5, 0.6) is 0 Å². The lowest BCUT2D eigenvalue weighted by Crippen LogP contribution is -2.31. The van der Waals surface area contributed by atoms with Gasteiger partial charge in [-0.15, -0.1) is 0 Å². The Morgan fingerprint density at radius 2 is 1.93 bits per heavy atom. The van der Waals surface area contributed by atoms with Gasteiger partial charge in [-0.05, 0) is 49.4 Å². The zero-order valence-corrected chi connectivity index (χ0v) is 8.47. The fourth-order valence-corrected chi connectivity index (χ4v) is 3.74. The number of allylic oxidation sites excluding steroid dienone is 3. The predicted octanol–water partition coefficient (Wildman–Crippen LogP) is 2.53. The minimum absolute atomic E-state index is 0.0866. The van der Waals surface area contributed by atoms with E-state index in [9.17, 15) is 5.11 Å². The first-order chi connectivity index (χ1) is 6.86. The normalized spacial score (nSPS) is 52.5. The highest BCUT2D eigenvalue weighted by Gasteiger charge is 2.46. The first-order valence-electron chi connectivity index (χ1n) is 5.87. The molecule has 14 heavy (non-hydrogen) atoms. The van der Waals surface area contributed by atoms with Crippen molar-refractivity contribution in [1.29, 1.82) is 0 Å². The molecular weight excluding hydrogens is 172 g/mol. The van der Waals surface area contributed by atoms with Gasteiger partial charge in [0.15, 0.2) is 0 Å². The topological polar surface area (TPSA) is 20.2 Å². The van der Waals surface area contributed by atoms with E-state index < -0.39 is 0 Å². The molecule has 0 aromatic rings. The Balaban J connectivity index is 1.88. The molecular formula is C13H18O. The predicted molar refractivity (Wildman–Crippen MR) is 56.7 cm³/mol. The highest BCUT2D eigenvalue weighted by molar-refractivity contribution is 5.15. The van der Waals surface area contributed by atoms with Gasteiger partial charge in [0.1, 0.15) is 0 Å². The average Bonchev–Trinajstić information content (AvgIpc) is 2.72.